The number of hydrogen-bond donors (Lipinski definition) is 1. The van der Waals surface area contributed by atoms with Crippen LogP contribution in [0.3, 0.4) is 0 Å². The third kappa shape index (κ3) is 4.50. The second-order valence-electron chi connectivity index (χ2n) is 9.65. The lowest BCUT2D eigenvalue weighted by atomic mass is 10.1. The van der Waals surface area contributed by atoms with Crippen molar-refractivity contribution < 1.29 is 9.59 Å². The van der Waals surface area contributed by atoms with Crippen LogP contribution < -0.4 is 16.6 Å². The van der Waals surface area contributed by atoms with E-state index in [-0.39, 0.29) is 22.5 Å². The molecule has 34 heavy (non-hydrogen) atoms. The average molecular weight is 464 g/mol. The molecule has 0 atom stereocenters. The molecule has 0 bridgehead atoms. The summed E-state index contributed by atoms with van der Waals surface area (Å²) in [5.74, 6) is -0.743. The van der Waals surface area contributed by atoms with Crippen LogP contribution in [0.4, 0.5) is 0 Å². The SMILES string of the molecule is Cc1cc(C(=O)N2CCCC2)c2c(=O)n(CC(=O)NC(C)(C)C)c(=O)n(-c3ccccc3)c2n1. The number of para-hydroxylation sites is 1. The van der Waals surface area contributed by atoms with Gasteiger partial charge >= 0.3 is 5.69 Å². The lowest BCUT2D eigenvalue weighted by molar-refractivity contribution is -0.123. The largest absolute Gasteiger partial charge is 0.350 e. The molecular formula is C25H29N5O4. The Bertz CT molecular complexity index is 1380. The quantitative estimate of drug-likeness (QED) is 0.637. The number of carbonyl (C=O) groups is 2. The molecule has 0 spiro atoms. The van der Waals surface area contributed by atoms with Gasteiger partial charge in [-0.3, -0.25) is 14.4 Å². The van der Waals surface area contributed by atoms with E-state index in [0.29, 0.717) is 24.5 Å². The number of nitrogens with one attached hydrogen (secondary N) is 1. The zero-order chi connectivity index (χ0) is 24.6. The molecule has 1 aliphatic heterocycles. The van der Waals surface area contributed by atoms with Crippen molar-refractivity contribution in [3.8, 4) is 5.69 Å². The second-order valence-corrected chi connectivity index (χ2v) is 9.65. The van der Waals surface area contributed by atoms with Crippen LogP contribution in [-0.2, 0) is 11.3 Å². The summed E-state index contributed by atoms with van der Waals surface area (Å²) in [6.07, 6.45) is 1.80. The fraction of sp³-hybridized carbons (Fsp3) is 0.400. The van der Waals surface area contributed by atoms with Gasteiger partial charge < -0.3 is 10.2 Å². The third-order valence-electron chi connectivity index (χ3n) is 5.68. The first-order valence-corrected chi connectivity index (χ1v) is 11.4. The molecule has 0 radical (unpaired) electrons. The standard InChI is InChI=1S/C25H29N5O4/c1-16-14-18(22(32)28-12-8-9-13-28)20-21(26-16)30(17-10-6-5-7-11-17)24(34)29(23(20)33)15-19(31)27-25(2,3)4/h5-7,10-11,14H,8-9,12-13,15H2,1-4H3,(H,27,31). The van der Waals surface area contributed by atoms with E-state index >= 15 is 0 Å². The lowest BCUT2D eigenvalue weighted by Crippen LogP contribution is -2.48. The van der Waals surface area contributed by atoms with Crippen molar-refractivity contribution in [3.63, 3.8) is 0 Å². The number of fused-ring (bicyclic) bond motifs is 1. The topological polar surface area (TPSA) is 106 Å². The Hall–Kier alpha value is -3.75. The number of aryl methyl sites for hydroxylation is 1. The molecule has 1 aromatic carbocycles. The van der Waals surface area contributed by atoms with Gasteiger partial charge in [-0.2, -0.15) is 0 Å². The summed E-state index contributed by atoms with van der Waals surface area (Å²) < 4.78 is 2.18. The number of aromatic nitrogens is 3. The van der Waals surface area contributed by atoms with Gasteiger partial charge in [0.05, 0.1) is 16.6 Å². The average Bonchev–Trinajstić information content (AvgIpc) is 3.30. The van der Waals surface area contributed by atoms with Crippen molar-refractivity contribution in [1.82, 2.24) is 24.3 Å². The molecule has 2 aromatic heterocycles. The monoisotopic (exact) mass is 463 g/mol. The first-order valence-electron chi connectivity index (χ1n) is 11.4. The Kier molecular flexibility index (Phi) is 6.12. The van der Waals surface area contributed by atoms with Crippen molar-refractivity contribution in [2.45, 2.75) is 52.6 Å². The van der Waals surface area contributed by atoms with Crippen LogP contribution >= 0.6 is 0 Å². The van der Waals surface area contributed by atoms with Crippen LogP contribution in [0.5, 0.6) is 0 Å². The first kappa shape index (κ1) is 23.4. The molecule has 1 saturated heterocycles. The van der Waals surface area contributed by atoms with E-state index in [1.807, 2.05) is 26.8 Å². The number of carbonyl (C=O) groups excluding carboxylic acids is 2. The molecular weight excluding hydrogens is 434 g/mol. The molecule has 1 N–H and O–H groups in total. The minimum Gasteiger partial charge on any atom is -0.350 e. The number of hydrogen-bond acceptors (Lipinski definition) is 5. The highest BCUT2D eigenvalue weighted by Gasteiger charge is 2.27. The van der Waals surface area contributed by atoms with Crippen molar-refractivity contribution in [2.75, 3.05) is 13.1 Å². The molecule has 1 aliphatic rings. The predicted molar refractivity (Wildman–Crippen MR) is 129 cm³/mol. The van der Waals surface area contributed by atoms with Gasteiger partial charge in [0.2, 0.25) is 5.91 Å². The minimum atomic E-state index is -0.703. The van der Waals surface area contributed by atoms with Gasteiger partial charge in [-0.05, 0) is 58.7 Å². The Balaban J connectivity index is 2.03. The highest BCUT2D eigenvalue weighted by atomic mass is 16.2. The fourth-order valence-corrected chi connectivity index (χ4v) is 4.27. The van der Waals surface area contributed by atoms with Gasteiger partial charge in [0, 0.05) is 24.3 Å². The number of pyridine rings is 1. The molecule has 0 unspecified atom stereocenters. The summed E-state index contributed by atoms with van der Waals surface area (Å²) in [5, 5.41) is 2.82. The minimum absolute atomic E-state index is 0.0366. The summed E-state index contributed by atoms with van der Waals surface area (Å²) in [5.41, 5.74) is -0.621. The first-order chi connectivity index (χ1) is 16.1. The van der Waals surface area contributed by atoms with Crippen molar-refractivity contribution in [2.24, 2.45) is 0 Å². The van der Waals surface area contributed by atoms with E-state index in [1.54, 1.807) is 42.2 Å². The molecule has 178 valence electrons. The summed E-state index contributed by atoms with van der Waals surface area (Å²) in [7, 11) is 0. The maximum atomic E-state index is 13.6. The Morgan fingerprint density at radius 2 is 1.71 bits per heavy atom. The Morgan fingerprint density at radius 3 is 2.32 bits per heavy atom. The van der Waals surface area contributed by atoms with Gasteiger partial charge in [0.1, 0.15) is 6.54 Å². The summed E-state index contributed by atoms with van der Waals surface area (Å²) in [4.78, 5) is 59.5. The van der Waals surface area contributed by atoms with Crippen molar-refractivity contribution in [1.29, 1.82) is 0 Å². The fourth-order valence-electron chi connectivity index (χ4n) is 4.27. The molecule has 4 rings (SSSR count). The zero-order valence-corrected chi connectivity index (χ0v) is 19.9. The van der Waals surface area contributed by atoms with E-state index in [4.69, 9.17) is 0 Å². The van der Waals surface area contributed by atoms with E-state index in [1.165, 1.54) is 4.57 Å². The van der Waals surface area contributed by atoms with Gasteiger partial charge in [-0.15, -0.1) is 0 Å². The van der Waals surface area contributed by atoms with Crippen LogP contribution in [0, 0.1) is 6.92 Å². The third-order valence-corrected chi connectivity index (χ3v) is 5.68. The van der Waals surface area contributed by atoms with Gasteiger partial charge in [0.15, 0.2) is 5.65 Å². The normalized spacial score (nSPS) is 13.9. The number of benzene rings is 1. The van der Waals surface area contributed by atoms with Crippen LogP contribution in [0.1, 0.15) is 49.7 Å². The van der Waals surface area contributed by atoms with Crippen LogP contribution in [0.15, 0.2) is 46.0 Å². The number of likely N-dealkylation sites (tertiary alicyclic amines) is 1. The van der Waals surface area contributed by atoms with E-state index in [2.05, 4.69) is 10.3 Å². The maximum Gasteiger partial charge on any atom is 0.337 e. The van der Waals surface area contributed by atoms with Gasteiger partial charge in [-0.1, -0.05) is 18.2 Å². The summed E-state index contributed by atoms with van der Waals surface area (Å²) in [6.45, 7) is 7.93. The zero-order valence-electron chi connectivity index (χ0n) is 19.9. The van der Waals surface area contributed by atoms with Gasteiger partial charge in [-0.25, -0.2) is 18.9 Å². The van der Waals surface area contributed by atoms with Crippen LogP contribution in [0.2, 0.25) is 0 Å². The van der Waals surface area contributed by atoms with E-state index < -0.39 is 29.2 Å². The number of amides is 2. The number of rotatable bonds is 4. The van der Waals surface area contributed by atoms with Crippen LogP contribution in [-0.4, -0.2) is 49.5 Å². The predicted octanol–water partition coefficient (Wildman–Crippen LogP) is 2.01. The summed E-state index contributed by atoms with van der Waals surface area (Å²) in [6, 6.07) is 10.4. The van der Waals surface area contributed by atoms with Crippen LogP contribution in [0.25, 0.3) is 16.7 Å². The smallest absolute Gasteiger partial charge is 0.337 e. The Morgan fingerprint density at radius 1 is 1.06 bits per heavy atom. The maximum absolute atomic E-state index is 13.6. The van der Waals surface area contributed by atoms with Crippen molar-refractivity contribution >= 4 is 22.8 Å². The lowest BCUT2D eigenvalue weighted by Gasteiger charge is -2.22. The molecule has 9 nitrogen and oxygen atoms in total. The molecule has 0 aliphatic carbocycles. The van der Waals surface area contributed by atoms with E-state index in [9.17, 15) is 19.2 Å². The highest BCUT2D eigenvalue weighted by molar-refractivity contribution is 6.05. The molecule has 2 amide bonds. The molecule has 0 saturated carbocycles. The highest BCUT2D eigenvalue weighted by Crippen LogP contribution is 2.21. The second kappa shape index (κ2) is 8.89. The summed E-state index contributed by atoms with van der Waals surface area (Å²) >= 11 is 0. The van der Waals surface area contributed by atoms with Crippen molar-refractivity contribution in [3.05, 3.63) is 68.5 Å². The number of nitrogens with zero attached hydrogens (tertiary/aromatic N) is 4. The molecule has 1 fully saturated rings. The molecule has 3 aromatic rings. The van der Waals surface area contributed by atoms with E-state index in [0.717, 1.165) is 17.4 Å². The van der Waals surface area contributed by atoms with Gasteiger partial charge in [0.25, 0.3) is 11.5 Å². The molecule has 9 heteroatoms. The Labute approximate surface area is 197 Å². The molecule has 3 heterocycles.